The average molecular weight is 384 g/mol. The van der Waals surface area contributed by atoms with Crippen LogP contribution in [0.25, 0.3) is 0 Å². The molecule has 6 nitrogen and oxygen atoms in total. The van der Waals surface area contributed by atoms with E-state index in [2.05, 4.69) is 10.3 Å². The lowest BCUT2D eigenvalue weighted by atomic mass is 10.1. The van der Waals surface area contributed by atoms with Gasteiger partial charge in [-0.2, -0.15) is 0 Å². The van der Waals surface area contributed by atoms with Crippen LogP contribution in [0.5, 0.6) is 0 Å². The van der Waals surface area contributed by atoms with Crippen molar-refractivity contribution in [3.8, 4) is 0 Å². The van der Waals surface area contributed by atoms with Crippen molar-refractivity contribution < 1.29 is 20.0 Å². The summed E-state index contributed by atoms with van der Waals surface area (Å²) in [6.45, 7) is 3.50. The van der Waals surface area contributed by atoms with E-state index in [-0.39, 0.29) is 23.0 Å². The second kappa shape index (κ2) is 9.68. The molecule has 140 valence electrons. The van der Waals surface area contributed by atoms with Crippen LogP contribution >= 0.6 is 11.8 Å². The van der Waals surface area contributed by atoms with Crippen molar-refractivity contribution >= 4 is 34.8 Å². The van der Waals surface area contributed by atoms with E-state index in [4.69, 9.17) is 10.4 Å². The molecule has 2 aromatic rings. The van der Waals surface area contributed by atoms with Crippen LogP contribution in [0.1, 0.15) is 47.4 Å². The largest absolute Gasteiger partial charge is 0.411 e. The van der Waals surface area contributed by atoms with Gasteiger partial charge in [-0.1, -0.05) is 35.9 Å². The van der Waals surface area contributed by atoms with Crippen LogP contribution in [-0.4, -0.2) is 33.4 Å². The Hall–Kier alpha value is -2.93. The topological polar surface area (TPSA) is 99.3 Å². The van der Waals surface area contributed by atoms with Crippen LogP contribution in [0.2, 0.25) is 0 Å². The predicted molar refractivity (Wildman–Crippen MR) is 105 cm³/mol. The van der Waals surface area contributed by atoms with E-state index in [9.17, 15) is 9.59 Å². The minimum Gasteiger partial charge on any atom is -0.411 e. The first-order valence-electron chi connectivity index (χ1n) is 8.43. The van der Waals surface area contributed by atoms with Crippen LogP contribution in [0, 0.1) is 0 Å². The lowest BCUT2D eigenvalue weighted by molar-refractivity contribution is 0.105. The molecule has 0 saturated carbocycles. The summed E-state index contributed by atoms with van der Waals surface area (Å²) < 4.78 is 0. The first-order valence-corrected chi connectivity index (χ1v) is 9.24. The minimum atomic E-state index is -0.295. The van der Waals surface area contributed by atoms with Crippen molar-refractivity contribution in [3.63, 3.8) is 0 Å². The normalized spacial score (nSPS) is 12.1. The van der Waals surface area contributed by atoms with Gasteiger partial charge in [-0.3, -0.25) is 9.59 Å². The smallest absolute Gasteiger partial charge is 0.210 e. The van der Waals surface area contributed by atoms with Gasteiger partial charge in [0.1, 0.15) is 11.4 Å². The molecule has 0 aliphatic carbocycles. The molecule has 0 aromatic heterocycles. The Bertz CT molecular complexity index is 798. The zero-order chi connectivity index (χ0) is 19.8. The minimum absolute atomic E-state index is 0.119. The van der Waals surface area contributed by atoms with Crippen molar-refractivity contribution in [2.24, 2.45) is 10.3 Å². The molecular formula is C20H20N2O4S. The second-order valence-corrected chi connectivity index (χ2v) is 6.76. The van der Waals surface area contributed by atoms with E-state index < -0.39 is 0 Å². The Labute approximate surface area is 161 Å². The molecule has 0 aliphatic rings. The van der Waals surface area contributed by atoms with Crippen molar-refractivity contribution in [2.75, 3.05) is 0 Å². The highest BCUT2D eigenvalue weighted by Crippen LogP contribution is 2.28. The van der Waals surface area contributed by atoms with Crippen LogP contribution in [0.4, 0.5) is 0 Å². The van der Waals surface area contributed by atoms with Gasteiger partial charge >= 0.3 is 0 Å². The van der Waals surface area contributed by atoms with Crippen LogP contribution in [-0.2, 0) is 0 Å². The number of oxime groups is 2. The van der Waals surface area contributed by atoms with E-state index in [0.717, 1.165) is 9.79 Å². The molecule has 0 fully saturated rings. The average Bonchev–Trinajstić information content (AvgIpc) is 2.71. The van der Waals surface area contributed by atoms with Crippen LogP contribution in [0.15, 0.2) is 68.6 Å². The summed E-state index contributed by atoms with van der Waals surface area (Å²) in [7, 11) is 0. The number of hydrogen-bond donors (Lipinski definition) is 2. The Balaban J connectivity index is 2.09. The number of nitrogens with zero attached hydrogens (tertiary/aromatic N) is 2. The molecule has 7 heteroatoms. The number of Topliss-reactive ketones (excluding diaryl/α,β-unsaturated/α-hetero) is 2. The quantitative estimate of drug-likeness (QED) is 0.298. The highest BCUT2D eigenvalue weighted by atomic mass is 32.2. The molecule has 2 N–H and O–H groups in total. The number of hydrogen-bond acceptors (Lipinski definition) is 7. The van der Waals surface area contributed by atoms with Gasteiger partial charge in [-0.05, 0) is 61.4 Å². The molecule has 0 radical (unpaired) electrons. The second-order valence-electron chi connectivity index (χ2n) is 5.61. The van der Waals surface area contributed by atoms with Gasteiger partial charge < -0.3 is 10.4 Å². The molecule has 2 rings (SSSR count). The van der Waals surface area contributed by atoms with E-state index in [1.54, 1.807) is 38.1 Å². The molecule has 0 unspecified atom stereocenters. The summed E-state index contributed by atoms with van der Waals surface area (Å²) in [6.07, 6.45) is 0.718. The van der Waals surface area contributed by atoms with Gasteiger partial charge in [-0.15, -0.1) is 0 Å². The van der Waals surface area contributed by atoms with Gasteiger partial charge in [-0.25, -0.2) is 0 Å². The summed E-state index contributed by atoms with van der Waals surface area (Å²) >= 11 is 1.49. The zero-order valence-corrected chi connectivity index (χ0v) is 15.9. The highest BCUT2D eigenvalue weighted by molar-refractivity contribution is 7.99. The Morgan fingerprint density at radius 3 is 1.33 bits per heavy atom. The maximum atomic E-state index is 12.1. The maximum Gasteiger partial charge on any atom is 0.210 e. The molecule has 0 atom stereocenters. The van der Waals surface area contributed by atoms with Crippen LogP contribution in [0.3, 0.4) is 0 Å². The van der Waals surface area contributed by atoms with E-state index in [0.29, 0.717) is 24.0 Å². The third-order valence-electron chi connectivity index (χ3n) is 3.90. The van der Waals surface area contributed by atoms with Gasteiger partial charge in [0.2, 0.25) is 11.6 Å². The van der Waals surface area contributed by atoms with Gasteiger partial charge in [0.15, 0.2) is 0 Å². The Morgan fingerprint density at radius 2 is 1.07 bits per heavy atom. The fourth-order valence-corrected chi connectivity index (χ4v) is 3.19. The monoisotopic (exact) mass is 384 g/mol. The van der Waals surface area contributed by atoms with Crippen molar-refractivity contribution in [3.05, 3.63) is 59.7 Å². The van der Waals surface area contributed by atoms with Gasteiger partial charge in [0.25, 0.3) is 0 Å². The maximum absolute atomic E-state index is 12.1. The molecular weight excluding hydrogens is 364 g/mol. The number of rotatable bonds is 8. The van der Waals surface area contributed by atoms with Crippen molar-refractivity contribution in [1.82, 2.24) is 0 Å². The first-order chi connectivity index (χ1) is 13.0. The molecule has 2 aromatic carbocycles. The summed E-state index contributed by atoms with van der Waals surface area (Å²) in [4.78, 5) is 26.1. The van der Waals surface area contributed by atoms with Crippen LogP contribution < -0.4 is 0 Å². The molecule has 0 saturated heterocycles. The molecule has 0 amide bonds. The molecule has 0 spiro atoms. The SMILES string of the molecule is CCC(=NO)C(=O)c1ccc(Sc2ccc(C(=O)C(CC)=NO)cc2)cc1. The molecule has 0 heterocycles. The van der Waals surface area contributed by atoms with Crippen molar-refractivity contribution in [2.45, 2.75) is 36.5 Å². The molecule has 0 bridgehead atoms. The predicted octanol–water partition coefficient (Wildman–Crippen LogP) is 4.68. The van der Waals surface area contributed by atoms with Gasteiger partial charge in [0, 0.05) is 20.9 Å². The third-order valence-corrected chi connectivity index (χ3v) is 4.92. The lowest BCUT2D eigenvalue weighted by Gasteiger charge is -2.06. The number of ketones is 2. The number of carbonyl (C=O) groups excluding carboxylic acids is 2. The zero-order valence-electron chi connectivity index (χ0n) is 15.0. The van der Waals surface area contributed by atoms with E-state index >= 15 is 0 Å². The Morgan fingerprint density at radius 1 is 0.741 bits per heavy atom. The standard InChI is InChI=1S/C20H20N2O4S/c1-3-17(21-25)19(23)13-5-9-15(10-6-13)27-16-11-7-14(8-12-16)20(24)18(4-2)22-26/h5-12,25-26H,3-4H2,1-2H3. The Kier molecular flexibility index (Phi) is 7.31. The van der Waals surface area contributed by atoms with Gasteiger partial charge in [0.05, 0.1) is 0 Å². The molecule has 0 aliphatic heterocycles. The third kappa shape index (κ3) is 5.04. The summed E-state index contributed by atoms with van der Waals surface area (Å²) in [5, 5.41) is 23.8. The fraction of sp³-hybridized carbons (Fsp3) is 0.200. The first kappa shape index (κ1) is 20.4. The summed E-state index contributed by atoms with van der Waals surface area (Å²) in [6, 6.07) is 14.0. The fourth-order valence-electron chi connectivity index (χ4n) is 2.37. The number of carbonyl (C=O) groups is 2. The number of benzene rings is 2. The highest BCUT2D eigenvalue weighted by Gasteiger charge is 2.14. The lowest BCUT2D eigenvalue weighted by Crippen LogP contribution is -2.13. The summed E-state index contributed by atoms with van der Waals surface area (Å²) in [5.74, 6) is -0.589. The summed E-state index contributed by atoms with van der Waals surface area (Å²) in [5.41, 5.74) is 1.16. The molecule has 27 heavy (non-hydrogen) atoms. The van der Waals surface area contributed by atoms with E-state index in [1.165, 1.54) is 11.8 Å². The van der Waals surface area contributed by atoms with Crippen molar-refractivity contribution in [1.29, 1.82) is 0 Å². The van der Waals surface area contributed by atoms with E-state index in [1.807, 2.05) is 24.3 Å².